The normalized spacial score (nSPS) is 11.1. The van der Waals surface area contributed by atoms with Gasteiger partial charge in [0.1, 0.15) is 0 Å². The fraction of sp³-hybridized carbons (Fsp3) is 0.316. The molecule has 2 aromatic heterocycles. The van der Waals surface area contributed by atoms with Crippen LogP contribution in [0.25, 0.3) is 11.0 Å². The number of pyridine rings is 1. The highest BCUT2D eigenvalue weighted by atomic mass is 16.4. The highest BCUT2D eigenvalue weighted by molar-refractivity contribution is 5.80. The van der Waals surface area contributed by atoms with E-state index in [9.17, 15) is 4.79 Å². The van der Waals surface area contributed by atoms with Gasteiger partial charge in [0.05, 0.1) is 12.7 Å². The van der Waals surface area contributed by atoms with Crippen LogP contribution in [0.4, 0.5) is 0 Å². The highest BCUT2D eigenvalue weighted by Crippen LogP contribution is 2.24. The number of nitrogens with zero attached hydrogens (tertiary/aromatic N) is 3. The van der Waals surface area contributed by atoms with E-state index in [0.29, 0.717) is 13.0 Å². The summed E-state index contributed by atoms with van der Waals surface area (Å²) in [6.45, 7) is 6.70. The number of aryl methyl sites for hydroxylation is 3. The van der Waals surface area contributed by atoms with Crippen molar-refractivity contribution in [1.29, 1.82) is 0 Å². The second-order valence-electron chi connectivity index (χ2n) is 6.22. The molecular weight excluding hydrogens is 302 g/mol. The van der Waals surface area contributed by atoms with Crippen LogP contribution in [-0.4, -0.2) is 25.8 Å². The lowest BCUT2D eigenvalue weighted by Gasteiger charge is -2.10. The first kappa shape index (κ1) is 16.2. The minimum absolute atomic E-state index is 0.117. The fourth-order valence-corrected chi connectivity index (χ4v) is 3.00. The molecule has 0 saturated heterocycles. The van der Waals surface area contributed by atoms with Crippen LogP contribution in [-0.2, 0) is 17.8 Å². The van der Waals surface area contributed by atoms with Crippen LogP contribution in [0.2, 0.25) is 0 Å². The zero-order valence-electron chi connectivity index (χ0n) is 14.2. The molecule has 5 nitrogen and oxygen atoms in total. The van der Waals surface area contributed by atoms with Crippen molar-refractivity contribution in [1.82, 2.24) is 14.8 Å². The Balaban J connectivity index is 1.97. The van der Waals surface area contributed by atoms with E-state index in [1.807, 2.05) is 24.7 Å². The highest BCUT2D eigenvalue weighted by Gasteiger charge is 2.14. The van der Waals surface area contributed by atoms with Crippen LogP contribution in [0.1, 0.15) is 34.4 Å². The number of carboxylic acid groups (broad SMARTS) is 1. The maximum atomic E-state index is 10.9. The van der Waals surface area contributed by atoms with Crippen LogP contribution in [0.3, 0.4) is 0 Å². The van der Waals surface area contributed by atoms with Crippen LogP contribution < -0.4 is 0 Å². The van der Waals surface area contributed by atoms with Crippen LogP contribution >= 0.6 is 0 Å². The summed E-state index contributed by atoms with van der Waals surface area (Å²) in [6, 6.07) is 8.39. The van der Waals surface area contributed by atoms with Gasteiger partial charge in [0.25, 0.3) is 0 Å². The number of aliphatic carboxylic acids is 1. The van der Waals surface area contributed by atoms with Crippen molar-refractivity contribution in [2.45, 2.75) is 40.2 Å². The van der Waals surface area contributed by atoms with Crippen LogP contribution in [0.15, 0.2) is 30.5 Å². The van der Waals surface area contributed by atoms with Crippen molar-refractivity contribution in [2.75, 3.05) is 0 Å². The third kappa shape index (κ3) is 3.15. The summed E-state index contributed by atoms with van der Waals surface area (Å²) >= 11 is 0. The minimum atomic E-state index is -0.788. The monoisotopic (exact) mass is 323 g/mol. The first-order valence-corrected chi connectivity index (χ1v) is 8.04. The second kappa shape index (κ2) is 6.43. The number of carboxylic acids is 1. The van der Waals surface area contributed by atoms with Crippen LogP contribution in [0.5, 0.6) is 0 Å². The molecular formula is C19H21N3O2. The molecule has 24 heavy (non-hydrogen) atoms. The molecule has 2 heterocycles. The Bertz CT molecular complexity index is 895. The predicted octanol–water partition coefficient (Wildman–Crippen LogP) is 3.42. The van der Waals surface area contributed by atoms with E-state index in [1.165, 1.54) is 11.1 Å². The first-order valence-electron chi connectivity index (χ1n) is 8.04. The Morgan fingerprint density at radius 2 is 1.88 bits per heavy atom. The van der Waals surface area contributed by atoms with Gasteiger partial charge < -0.3 is 5.11 Å². The van der Waals surface area contributed by atoms with Gasteiger partial charge in [-0.2, -0.15) is 5.10 Å². The van der Waals surface area contributed by atoms with Gasteiger partial charge in [0.2, 0.25) is 0 Å². The summed E-state index contributed by atoms with van der Waals surface area (Å²) in [5.74, 6) is -0.788. The van der Waals surface area contributed by atoms with Gasteiger partial charge in [-0.15, -0.1) is 0 Å². The van der Waals surface area contributed by atoms with E-state index >= 15 is 0 Å². The SMILES string of the molecule is Cc1ccc(Cn2ncc3c(C)c(CCC(=O)O)c(C)nc32)cc1. The molecule has 0 amide bonds. The fourth-order valence-electron chi connectivity index (χ4n) is 3.00. The molecule has 0 aliphatic heterocycles. The quantitative estimate of drug-likeness (QED) is 0.781. The molecule has 0 unspecified atom stereocenters. The summed E-state index contributed by atoms with van der Waals surface area (Å²) in [4.78, 5) is 15.5. The topological polar surface area (TPSA) is 68.0 Å². The largest absolute Gasteiger partial charge is 0.481 e. The number of carbonyl (C=O) groups is 1. The Kier molecular flexibility index (Phi) is 4.34. The van der Waals surface area contributed by atoms with Crippen molar-refractivity contribution >= 4 is 17.0 Å². The van der Waals surface area contributed by atoms with Gasteiger partial charge in [-0.3, -0.25) is 4.79 Å². The summed E-state index contributed by atoms with van der Waals surface area (Å²) in [7, 11) is 0. The molecule has 0 bridgehead atoms. The van der Waals surface area contributed by atoms with E-state index in [0.717, 1.165) is 27.9 Å². The smallest absolute Gasteiger partial charge is 0.303 e. The molecule has 0 fully saturated rings. The average Bonchev–Trinajstić information content (AvgIpc) is 2.92. The molecule has 0 spiro atoms. The van der Waals surface area contributed by atoms with Crippen molar-refractivity contribution in [2.24, 2.45) is 0 Å². The van der Waals surface area contributed by atoms with E-state index in [1.54, 1.807) is 0 Å². The van der Waals surface area contributed by atoms with Crippen molar-refractivity contribution in [3.63, 3.8) is 0 Å². The third-order valence-electron chi connectivity index (χ3n) is 4.42. The first-order chi connectivity index (χ1) is 11.5. The average molecular weight is 323 g/mol. The van der Waals surface area contributed by atoms with Gasteiger partial charge in [0.15, 0.2) is 5.65 Å². The number of aromatic nitrogens is 3. The molecule has 1 N–H and O–H groups in total. The van der Waals surface area contributed by atoms with Gasteiger partial charge in [-0.05, 0) is 43.9 Å². The standard InChI is InChI=1S/C19H21N3O2/c1-12-4-6-15(7-5-12)11-22-19-17(10-20-22)13(2)16(14(3)21-19)8-9-18(23)24/h4-7,10H,8-9,11H2,1-3H3,(H,23,24). The molecule has 3 aromatic rings. The number of rotatable bonds is 5. The molecule has 0 aliphatic rings. The van der Waals surface area contributed by atoms with Gasteiger partial charge in [-0.1, -0.05) is 29.8 Å². The molecule has 0 saturated carbocycles. The van der Waals surface area contributed by atoms with Gasteiger partial charge in [0, 0.05) is 17.5 Å². The molecule has 0 atom stereocenters. The Hall–Kier alpha value is -2.69. The number of hydrogen-bond donors (Lipinski definition) is 1. The lowest BCUT2D eigenvalue weighted by molar-refractivity contribution is -0.136. The maximum Gasteiger partial charge on any atom is 0.303 e. The number of fused-ring (bicyclic) bond motifs is 1. The zero-order chi connectivity index (χ0) is 17.3. The van der Waals surface area contributed by atoms with Crippen LogP contribution in [0, 0.1) is 20.8 Å². The third-order valence-corrected chi connectivity index (χ3v) is 4.42. The predicted molar refractivity (Wildman–Crippen MR) is 93.2 cm³/mol. The van der Waals surface area contributed by atoms with E-state index in [2.05, 4.69) is 36.3 Å². The minimum Gasteiger partial charge on any atom is -0.481 e. The lowest BCUT2D eigenvalue weighted by atomic mass is 10.0. The molecule has 1 aromatic carbocycles. The van der Waals surface area contributed by atoms with E-state index in [4.69, 9.17) is 10.1 Å². The van der Waals surface area contributed by atoms with Gasteiger partial charge in [-0.25, -0.2) is 9.67 Å². The van der Waals surface area contributed by atoms with E-state index in [-0.39, 0.29) is 6.42 Å². The Morgan fingerprint density at radius 3 is 2.54 bits per heavy atom. The second-order valence-corrected chi connectivity index (χ2v) is 6.22. The summed E-state index contributed by atoms with van der Waals surface area (Å²) < 4.78 is 1.90. The maximum absolute atomic E-state index is 10.9. The molecule has 0 radical (unpaired) electrons. The number of benzene rings is 1. The lowest BCUT2D eigenvalue weighted by Crippen LogP contribution is -2.06. The Morgan fingerprint density at radius 1 is 1.17 bits per heavy atom. The molecule has 0 aliphatic carbocycles. The molecule has 3 rings (SSSR count). The van der Waals surface area contributed by atoms with Crippen molar-refractivity contribution in [3.05, 3.63) is 58.4 Å². The number of hydrogen-bond acceptors (Lipinski definition) is 3. The van der Waals surface area contributed by atoms with E-state index < -0.39 is 5.97 Å². The summed E-state index contributed by atoms with van der Waals surface area (Å²) in [5, 5.41) is 14.4. The van der Waals surface area contributed by atoms with Crippen molar-refractivity contribution in [3.8, 4) is 0 Å². The molecule has 5 heteroatoms. The van der Waals surface area contributed by atoms with Crippen molar-refractivity contribution < 1.29 is 9.90 Å². The Labute approximate surface area is 141 Å². The molecule has 124 valence electrons. The van der Waals surface area contributed by atoms with Gasteiger partial charge >= 0.3 is 5.97 Å². The zero-order valence-corrected chi connectivity index (χ0v) is 14.2. The summed E-state index contributed by atoms with van der Waals surface area (Å²) in [5.41, 5.74) is 6.24. The summed E-state index contributed by atoms with van der Waals surface area (Å²) in [6.07, 6.45) is 2.45.